The molecule has 3 atom stereocenters. The van der Waals surface area contributed by atoms with Crippen LogP contribution >= 0.6 is 11.8 Å². The van der Waals surface area contributed by atoms with Gasteiger partial charge in [0, 0.05) is 18.3 Å². The van der Waals surface area contributed by atoms with Crippen LogP contribution in [0, 0.1) is 5.92 Å². The van der Waals surface area contributed by atoms with Crippen LogP contribution in [0.25, 0.3) is 0 Å². The molecule has 0 aliphatic carbocycles. The van der Waals surface area contributed by atoms with Gasteiger partial charge in [0.05, 0.1) is 5.60 Å². The van der Waals surface area contributed by atoms with Crippen molar-refractivity contribution in [2.75, 3.05) is 18.6 Å². The Morgan fingerprint density at radius 1 is 1.38 bits per heavy atom. The van der Waals surface area contributed by atoms with Gasteiger partial charge in [-0.1, -0.05) is 27.2 Å². The molecule has 2 nitrogen and oxygen atoms in total. The molecular weight excluding hydrogens is 218 g/mol. The zero-order chi connectivity index (χ0) is 12.6. The fourth-order valence-electron chi connectivity index (χ4n) is 2.12. The average Bonchev–Trinajstić information content (AvgIpc) is 2.18. The zero-order valence-electron chi connectivity index (χ0n) is 11.5. The molecular formula is C13H29NOS. The first kappa shape index (κ1) is 16.3. The maximum absolute atomic E-state index is 10.1. The quantitative estimate of drug-likeness (QED) is 0.657. The molecule has 0 heterocycles. The topological polar surface area (TPSA) is 32.3 Å². The summed E-state index contributed by atoms with van der Waals surface area (Å²) < 4.78 is 0. The van der Waals surface area contributed by atoms with Gasteiger partial charge in [0.15, 0.2) is 0 Å². The fraction of sp³-hybridized carbons (Fsp3) is 1.00. The molecule has 16 heavy (non-hydrogen) atoms. The highest BCUT2D eigenvalue weighted by Crippen LogP contribution is 2.15. The van der Waals surface area contributed by atoms with Crippen LogP contribution in [0.2, 0.25) is 0 Å². The van der Waals surface area contributed by atoms with Crippen molar-refractivity contribution in [2.24, 2.45) is 5.92 Å². The van der Waals surface area contributed by atoms with Crippen molar-refractivity contribution in [1.82, 2.24) is 5.32 Å². The molecule has 0 spiro atoms. The Kier molecular flexibility index (Phi) is 8.52. The first-order valence-corrected chi connectivity index (χ1v) is 7.81. The first-order chi connectivity index (χ1) is 7.46. The third-order valence-corrected chi connectivity index (χ3v) is 3.98. The van der Waals surface area contributed by atoms with Crippen molar-refractivity contribution in [3.8, 4) is 0 Å². The van der Waals surface area contributed by atoms with E-state index in [4.69, 9.17) is 0 Å². The van der Waals surface area contributed by atoms with Gasteiger partial charge in [-0.15, -0.1) is 0 Å². The van der Waals surface area contributed by atoms with Crippen molar-refractivity contribution in [3.05, 3.63) is 0 Å². The summed E-state index contributed by atoms with van der Waals surface area (Å²) in [5, 5.41) is 13.6. The molecule has 0 aromatic heterocycles. The second-order valence-corrected chi connectivity index (χ2v) is 5.96. The van der Waals surface area contributed by atoms with Crippen molar-refractivity contribution < 1.29 is 5.11 Å². The van der Waals surface area contributed by atoms with E-state index < -0.39 is 5.60 Å². The molecule has 0 rings (SSSR count). The molecule has 98 valence electrons. The molecule has 3 heteroatoms. The number of hydrogen-bond donors (Lipinski definition) is 2. The average molecular weight is 247 g/mol. The van der Waals surface area contributed by atoms with Crippen LogP contribution in [0.1, 0.15) is 47.0 Å². The Labute approximate surface area is 106 Å². The Morgan fingerprint density at radius 3 is 2.44 bits per heavy atom. The van der Waals surface area contributed by atoms with Gasteiger partial charge in [-0.3, -0.25) is 0 Å². The largest absolute Gasteiger partial charge is 0.388 e. The second-order valence-electron chi connectivity index (χ2n) is 5.09. The highest BCUT2D eigenvalue weighted by molar-refractivity contribution is 7.98. The minimum atomic E-state index is -0.585. The van der Waals surface area contributed by atoms with E-state index in [1.54, 1.807) is 11.8 Å². The van der Waals surface area contributed by atoms with Gasteiger partial charge in [-0.2, -0.15) is 11.8 Å². The zero-order valence-corrected chi connectivity index (χ0v) is 12.4. The van der Waals surface area contributed by atoms with Crippen LogP contribution < -0.4 is 5.32 Å². The molecule has 0 bridgehead atoms. The van der Waals surface area contributed by atoms with E-state index in [9.17, 15) is 5.11 Å². The summed E-state index contributed by atoms with van der Waals surface area (Å²) in [6.45, 7) is 9.35. The predicted molar refractivity (Wildman–Crippen MR) is 75.2 cm³/mol. The van der Waals surface area contributed by atoms with Crippen molar-refractivity contribution in [1.29, 1.82) is 0 Å². The lowest BCUT2D eigenvalue weighted by atomic mass is 9.94. The van der Waals surface area contributed by atoms with Crippen molar-refractivity contribution in [2.45, 2.75) is 58.6 Å². The molecule has 0 saturated carbocycles. The van der Waals surface area contributed by atoms with E-state index in [0.29, 0.717) is 18.5 Å². The molecule has 0 aliphatic heterocycles. The maximum Gasteiger partial charge on any atom is 0.0833 e. The van der Waals surface area contributed by atoms with E-state index in [-0.39, 0.29) is 0 Å². The lowest BCUT2D eigenvalue weighted by molar-refractivity contribution is 0.0782. The van der Waals surface area contributed by atoms with Gasteiger partial charge in [-0.05, 0) is 31.9 Å². The third-order valence-electron chi connectivity index (χ3n) is 3.07. The molecule has 0 saturated heterocycles. The lowest BCUT2D eigenvalue weighted by Crippen LogP contribution is -2.46. The predicted octanol–water partition coefficient (Wildman–Crippen LogP) is 2.90. The fourth-order valence-corrected chi connectivity index (χ4v) is 2.84. The van der Waals surface area contributed by atoms with Crippen LogP contribution in [0.3, 0.4) is 0 Å². The minimum absolute atomic E-state index is 0.535. The number of hydrogen-bond acceptors (Lipinski definition) is 3. The molecule has 0 amide bonds. The van der Waals surface area contributed by atoms with Crippen molar-refractivity contribution >= 4 is 11.8 Å². The minimum Gasteiger partial charge on any atom is -0.388 e. The Hall–Kier alpha value is 0.270. The van der Waals surface area contributed by atoms with Gasteiger partial charge in [0.2, 0.25) is 0 Å². The third kappa shape index (κ3) is 6.77. The summed E-state index contributed by atoms with van der Waals surface area (Å²) >= 11 is 1.70. The SMILES string of the molecule is CCCC(C)C(CC)NCC(C)(O)CSC. The molecule has 0 aliphatic rings. The number of thioether (sulfide) groups is 1. The summed E-state index contributed by atoms with van der Waals surface area (Å²) in [4.78, 5) is 0. The summed E-state index contributed by atoms with van der Waals surface area (Å²) in [5.74, 6) is 1.48. The van der Waals surface area contributed by atoms with E-state index in [0.717, 1.165) is 12.2 Å². The van der Waals surface area contributed by atoms with E-state index in [1.807, 2.05) is 13.2 Å². The summed E-state index contributed by atoms with van der Waals surface area (Å²) in [7, 11) is 0. The van der Waals surface area contributed by atoms with E-state index in [1.165, 1.54) is 12.8 Å². The van der Waals surface area contributed by atoms with Gasteiger partial charge in [0.25, 0.3) is 0 Å². The molecule has 3 unspecified atom stereocenters. The Balaban J connectivity index is 4.03. The molecule has 0 fully saturated rings. The van der Waals surface area contributed by atoms with Gasteiger partial charge in [0.1, 0.15) is 0 Å². The summed E-state index contributed by atoms with van der Waals surface area (Å²) in [6.07, 6.45) is 5.67. The molecule has 0 aromatic rings. The van der Waals surface area contributed by atoms with E-state index in [2.05, 4.69) is 26.1 Å². The number of aliphatic hydroxyl groups is 1. The smallest absolute Gasteiger partial charge is 0.0833 e. The first-order valence-electron chi connectivity index (χ1n) is 6.41. The van der Waals surface area contributed by atoms with Gasteiger partial charge >= 0.3 is 0 Å². The Morgan fingerprint density at radius 2 is 2.00 bits per heavy atom. The molecule has 0 radical (unpaired) electrons. The summed E-state index contributed by atoms with van der Waals surface area (Å²) in [5.41, 5.74) is -0.585. The molecule has 2 N–H and O–H groups in total. The van der Waals surface area contributed by atoms with Crippen LogP contribution in [0.15, 0.2) is 0 Å². The lowest BCUT2D eigenvalue weighted by Gasteiger charge is -2.29. The van der Waals surface area contributed by atoms with Crippen LogP contribution in [0.5, 0.6) is 0 Å². The van der Waals surface area contributed by atoms with Crippen molar-refractivity contribution in [3.63, 3.8) is 0 Å². The number of nitrogens with one attached hydrogen (secondary N) is 1. The number of rotatable bonds is 9. The second kappa shape index (κ2) is 8.37. The normalized spacial score (nSPS) is 19.1. The van der Waals surface area contributed by atoms with E-state index >= 15 is 0 Å². The highest BCUT2D eigenvalue weighted by Gasteiger charge is 2.22. The summed E-state index contributed by atoms with van der Waals surface area (Å²) in [6, 6.07) is 0.535. The van der Waals surface area contributed by atoms with Crippen LogP contribution in [-0.2, 0) is 0 Å². The Bertz CT molecular complexity index is 173. The van der Waals surface area contributed by atoms with Gasteiger partial charge in [-0.25, -0.2) is 0 Å². The standard InChI is InChI=1S/C13H29NOS/c1-6-8-11(3)12(7-2)14-9-13(4,15)10-16-5/h11-12,14-15H,6-10H2,1-5H3. The van der Waals surface area contributed by atoms with Crippen LogP contribution in [0.4, 0.5) is 0 Å². The highest BCUT2D eigenvalue weighted by atomic mass is 32.2. The monoisotopic (exact) mass is 247 g/mol. The maximum atomic E-state index is 10.1. The van der Waals surface area contributed by atoms with Crippen LogP contribution in [-0.4, -0.2) is 35.3 Å². The molecule has 0 aromatic carbocycles. The van der Waals surface area contributed by atoms with Gasteiger partial charge < -0.3 is 10.4 Å².